The predicted octanol–water partition coefficient (Wildman–Crippen LogP) is 5.29. The number of nitrogens with zero attached hydrogens (tertiary/aromatic N) is 1. The summed E-state index contributed by atoms with van der Waals surface area (Å²) in [6.07, 6.45) is 5.83. The Hall–Kier alpha value is -5.38. The van der Waals surface area contributed by atoms with E-state index in [0.717, 1.165) is 6.21 Å². The summed E-state index contributed by atoms with van der Waals surface area (Å²) >= 11 is 0. The van der Waals surface area contributed by atoms with Gasteiger partial charge in [0.15, 0.2) is 5.75 Å². The summed E-state index contributed by atoms with van der Waals surface area (Å²) in [7, 11) is 1.42. The molecule has 0 saturated heterocycles. The van der Waals surface area contributed by atoms with Gasteiger partial charge in [0, 0.05) is 61.2 Å². The van der Waals surface area contributed by atoms with Crippen molar-refractivity contribution in [2.45, 2.75) is 85.6 Å². The molecule has 56 heavy (non-hydrogen) atoms. The number of aromatic hydroxyl groups is 3. The van der Waals surface area contributed by atoms with Gasteiger partial charge in [-0.2, -0.15) is 0 Å². The van der Waals surface area contributed by atoms with Crippen molar-refractivity contribution in [2.75, 3.05) is 19.0 Å². The number of anilines is 1. The van der Waals surface area contributed by atoms with Gasteiger partial charge in [0.2, 0.25) is 0 Å². The Balaban J connectivity index is 1.97. The van der Waals surface area contributed by atoms with Crippen LogP contribution in [0.25, 0.3) is 10.8 Å². The molecular formula is C41H52N2O13. The van der Waals surface area contributed by atoms with E-state index < -0.39 is 88.8 Å². The van der Waals surface area contributed by atoms with E-state index in [9.17, 15) is 39.9 Å². The highest BCUT2D eigenvalue weighted by molar-refractivity contribution is 6.23. The highest BCUT2D eigenvalue weighted by Crippen LogP contribution is 2.55. The first-order valence-electron chi connectivity index (χ1n) is 18.2. The molecule has 1 amide bonds. The average molecular weight is 781 g/mol. The van der Waals surface area contributed by atoms with Crippen LogP contribution in [-0.2, 0) is 28.6 Å². The molecule has 5 rings (SSSR count). The molecule has 6 N–H and O–H groups in total. The third-order valence-corrected chi connectivity index (χ3v) is 10.5. The van der Waals surface area contributed by atoms with E-state index in [-0.39, 0.29) is 51.1 Å². The molecule has 9 atom stereocenters. The summed E-state index contributed by atoms with van der Waals surface area (Å²) in [6.45, 7) is 15.9. The number of ketones is 1. The first-order valence-corrected chi connectivity index (χ1v) is 18.2. The van der Waals surface area contributed by atoms with Crippen LogP contribution in [0.5, 0.6) is 23.0 Å². The van der Waals surface area contributed by atoms with Gasteiger partial charge < -0.3 is 54.6 Å². The summed E-state index contributed by atoms with van der Waals surface area (Å²) in [4.78, 5) is 45.2. The maximum atomic E-state index is 14.3. The Kier molecular flexibility index (Phi) is 13.6. The lowest BCUT2D eigenvalue weighted by atomic mass is 9.78. The summed E-state index contributed by atoms with van der Waals surface area (Å²) in [5.74, 6) is -8.73. The zero-order valence-corrected chi connectivity index (χ0v) is 33.0. The van der Waals surface area contributed by atoms with Crippen LogP contribution in [0.4, 0.5) is 5.69 Å². The molecule has 3 aliphatic rings. The van der Waals surface area contributed by atoms with Crippen LogP contribution in [0.1, 0.15) is 70.0 Å². The molecule has 304 valence electrons. The van der Waals surface area contributed by atoms with Crippen LogP contribution in [0, 0.1) is 30.6 Å². The lowest BCUT2D eigenvalue weighted by Gasteiger charge is -2.38. The molecule has 0 fully saturated rings. The molecule has 0 radical (unpaired) electrons. The zero-order valence-electron chi connectivity index (χ0n) is 33.0. The number of allylic oxidation sites excluding steroid dienone is 2. The van der Waals surface area contributed by atoms with Crippen molar-refractivity contribution < 1.29 is 63.7 Å². The van der Waals surface area contributed by atoms with Crippen LogP contribution in [0.3, 0.4) is 0 Å². The fourth-order valence-corrected chi connectivity index (χ4v) is 7.06. The summed E-state index contributed by atoms with van der Waals surface area (Å²) in [6, 6.07) is 0. The van der Waals surface area contributed by atoms with Crippen LogP contribution in [0.2, 0.25) is 0 Å². The monoisotopic (exact) mass is 780 g/mol. The fraction of sp³-hybridized carbons (Fsp3) is 0.463. The number of methoxy groups -OCH3 is 1. The van der Waals surface area contributed by atoms with E-state index >= 15 is 0 Å². The zero-order chi connectivity index (χ0) is 41.8. The standard InChI is InChI=1S/C41H52N2O13/c1-11-16-54-42-18-26-31-36(49)29-28(35(26)48)30-38(24(7)34(29)47)56-41(9,39(30)50)53-17-15-27(52-10)21(4)37(55-25(8)44)23(6)33(46)22(5)32(45)19(2)13-12-14-20(3)40(51)43-31/h11-15,17-19,21-23,27,32-33,37,45-49H,1,16H2,2-10H3,(H,43,51)/b13-12+,17-15+,20-14-,42-18+. The number of benzene rings is 2. The first kappa shape index (κ1) is 43.3. The van der Waals surface area contributed by atoms with Crippen LogP contribution >= 0.6 is 0 Å². The Morgan fingerprint density at radius 2 is 1.68 bits per heavy atom. The van der Waals surface area contributed by atoms with E-state index in [2.05, 4.69) is 17.1 Å². The number of hydrogen-bond acceptors (Lipinski definition) is 14. The van der Waals surface area contributed by atoms with Crippen LogP contribution in [-0.4, -0.2) is 93.3 Å². The molecular weight excluding hydrogens is 728 g/mol. The molecule has 15 heteroatoms. The number of amides is 1. The second-order valence-electron chi connectivity index (χ2n) is 14.4. The van der Waals surface area contributed by atoms with Gasteiger partial charge in [0.1, 0.15) is 30.0 Å². The van der Waals surface area contributed by atoms with E-state index in [1.165, 1.54) is 59.3 Å². The van der Waals surface area contributed by atoms with Gasteiger partial charge in [0.25, 0.3) is 11.7 Å². The Morgan fingerprint density at radius 3 is 2.30 bits per heavy atom. The number of fused-ring (bicyclic) bond motifs is 14. The quantitative estimate of drug-likeness (QED) is 0.0418. The lowest BCUT2D eigenvalue weighted by molar-refractivity contribution is -0.160. The van der Waals surface area contributed by atoms with Gasteiger partial charge in [0.05, 0.1) is 53.0 Å². The molecule has 9 unspecified atom stereocenters. The number of carbonyl (C=O) groups is 3. The molecule has 0 spiro atoms. The van der Waals surface area contributed by atoms with E-state index in [1.807, 2.05) is 0 Å². The minimum absolute atomic E-state index is 0.0192. The third-order valence-electron chi connectivity index (χ3n) is 10.5. The number of aliphatic hydroxyl groups is 2. The number of aliphatic hydroxyl groups excluding tert-OH is 2. The van der Waals surface area contributed by atoms with E-state index in [0.29, 0.717) is 0 Å². The van der Waals surface area contributed by atoms with Crippen LogP contribution < -0.4 is 10.1 Å². The minimum atomic E-state index is -2.06. The van der Waals surface area contributed by atoms with Crippen molar-refractivity contribution in [2.24, 2.45) is 28.8 Å². The maximum Gasteiger partial charge on any atom is 0.312 e. The van der Waals surface area contributed by atoms with Crippen molar-refractivity contribution in [3.8, 4) is 23.0 Å². The Bertz CT molecular complexity index is 1990. The summed E-state index contributed by atoms with van der Waals surface area (Å²) in [5.41, 5.74) is -0.691. The topological polar surface area (TPSA) is 223 Å². The predicted molar refractivity (Wildman–Crippen MR) is 208 cm³/mol. The van der Waals surface area contributed by atoms with Gasteiger partial charge in [-0.1, -0.05) is 63.7 Å². The van der Waals surface area contributed by atoms with Gasteiger partial charge in [-0.15, -0.1) is 0 Å². The number of esters is 1. The number of oxime groups is 1. The number of phenolic OH excluding ortho intramolecular Hbond substituents is 3. The van der Waals surface area contributed by atoms with E-state index in [1.54, 1.807) is 39.8 Å². The summed E-state index contributed by atoms with van der Waals surface area (Å²) < 4.78 is 23.4. The smallest absolute Gasteiger partial charge is 0.312 e. The minimum Gasteiger partial charge on any atom is -0.507 e. The van der Waals surface area contributed by atoms with Crippen molar-refractivity contribution >= 4 is 40.3 Å². The molecule has 3 aliphatic heterocycles. The Labute approximate surface area is 325 Å². The average Bonchev–Trinajstić information content (AvgIpc) is 3.42. The van der Waals surface area contributed by atoms with Crippen molar-refractivity contribution in [1.82, 2.24) is 0 Å². The van der Waals surface area contributed by atoms with E-state index in [4.69, 9.17) is 23.8 Å². The largest absolute Gasteiger partial charge is 0.507 e. The molecule has 0 saturated carbocycles. The number of phenols is 3. The Morgan fingerprint density at radius 1 is 1.00 bits per heavy atom. The highest BCUT2D eigenvalue weighted by atomic mass is 16.7. The third kappa shape index (κ3) is 8.39. The van der Waals surface area contributed by atoms with Crippen molar-refractivity contribution in [3.63, 3.8) is 0 Å². The second kappa shape index (κ2) is 17.6. The lowest BCUT2D eigenvalue weighted by Crippen LogP contribution is -2.46. The fourth-order valence-electron chi connectivity index (χ4n) is 7.06. The summed E-state index contributed by atoms with van der Waals surface area (Å²) in [5, 5.41) is 63.4. The van der Waals surface area contributed by atoms with Crippen molar-refractivity contribution in [3.05, 3.63) is 65.5 Å². The molecule has 3 heterocycles. The molecule has 0 aromatic heterocycles. The maximum absolute atomic E-state index is 14.3. The number of rotatable bonds is 6. The van der Waals surface area contributed by atoms with Crippen molar-refractivity contribution in [1.29, 1.82) is 0 Å². The molecule has 2 aromatic rings. The first-order chi connectivity index (χ1) is 26.3. The molecule has 5 bridgehead atoms. The number of nitrogens with one attached hydrogen (secondary N) is 1. The van der Waals surface area contributed by atoms with Crippen LogP contribution in [0.15, 0.2) is 53.9 Å². The number of carbonyl (C=O) groups excluding carboxylic acids is 3. The van der Waals surface area contributed by atoms with Gasteiger partial charge in [-0.25, -0.2) is 0 Å². The second-order valence-corrected chi connectivity index (χ2v) is 14.4. The molecule has 2 aromatic carbocycles. The number of ether oxygens (including phenoxy) is 4. The van der Waals surface area contributed by atoms with Gasteiger partial charge in [-0.3, -0.25) is 14.4 Å². The SMILES string of the molecule is C=CCO/N=C/c1c2c(O)c3c(O)c(C)c4c(c3c1O)C(=O)C(C)(O/C=C/C(OC)C(C)C(OC(C)=O)C(C)C(O)C(C)C(O)C(C)/C=C/C=C(/C)C(=O)N2)O4. The normalized spacial score (nSPS) is 30.9. The number of hydrogen-bond donors (Lipinski definition) is 6. The molecule has 0 aliphatic carbocycles. The number of Topliss-reactive ketones (excluding diaryl/α,β-unsaturated/α-hetero) is 1. The van der Waals surface area contributed by atoms with Gasteiger partial charge in [-0.05, 0) is 19.9 Å². The molecule has 15 nitrogen and oxygen atoms in total. The highest BCUT2D eigenvalue weighted by Gasteiger charge is 2.50. The van der Waals surface area contributed by atoms with Gasteiger partial charge >= 0.3 is 11.8 Å².